The first-order valence-electron chi connectivity index (χ1n) is 18.1. The zero-order valence-corrected chi connectivity index (χ0v) is 30.5. The molecule has 3 heterocycles. The fraction of sp³-hybridized carbons (Fsp3) is 0.474. The molecule has 284 valence electrons. The quantitative estimate of drug-likeness (QED) is 0.237. The lowest BCUT2D eigenvalue weighted by Gasteiger charge is -2.26. The van der Waals surface area contributed by atoms with Gasteiger partial charge in [-0.15, -0.1) is 0 Å². The summed E-state index contributed by atoms with van der Waals surface area (Å²) in [4.78, 5) is 69.1. The van der Waals surface area contributed by atoms with E-state index >= 15 is 0 Å². The number of ether oxygens (including phenoxy) is 3. The molecule has 2 atom stereocenters. The van der Waals surface area contributed by atoms with Crippen molar-refractivity contribution in [3.05, 3.63) is 71.0 Å². The van der Waals surface area contributed by atoms with Gasteiger partial charge in [0.25, 0.3) is 11.8 Å². The van der Waals surface area contributed by atoms with Crippen LogP contribution in [0.1, 0.15) is 83.3 Å². The highest BCUT2D eigenvalue weighted by atomic mass is 16.5. The standard InChI is InChI=1S/C38H49N7O8/c1-24-35(47)43-29(19-25-11-6-4-7-12-25)37(49)40-16-17-45(38(50)28-22-41-44-33(28)26-13-8-5-9-14-26)23-32(46)39-15-10-18-53-34-30(51-2)20-27(36(48)42-24)21-31(34)52-3/h4,6-7,11-12,20-22,24,26,29H,5,8-10,13-19,23H2,1-3H3,(H,39,46)(H,40,49)(H,41,44)(H,42,48)(H,43,47)/t24-,29+/m0/s1. The van der Waals surface area contributed by atoms with Crippen molar-refractivity contribution in [2.45, 2.75) is 69.9 Å². The zero-order valence-electron chi connectivity index (χ0n) is 30.5. The van der Waals surface area contributed by atoms with Gasteiger partial charge in [-0.05, 0) is 43.9 Å². The van der Waals surface area contributed by atoms with Crippen LogP contribution in [0.2, 0.25) is 0 Å². The minimum atomic E-state index is -1.03. The number of methoxy groups -OCH3 is 2. The fourth-order valence-corrected chi connectivity index (χ4v) is 6.59. The number of aromatic amines is 1. The van der Waals surface area contributed by atoms with E-state index in [0.717, 1.165) is 43.4 Å². The third-order valence-corrected chi connectivity index (χ3v) is 9.48. The molecule has 1 saturated carbocycles. The van der Waals surface area contributed by atoms with E-state index in [2.05, 4.69) is 31.5 Å². The van der Waals surface area contributed by atoms with Gasteiger partial charge < -0.3 is 40.4 Å². The van der Waals surface area contributed by atoms with Crippen molar-refractivity contribution in [1.82, 2.24) is 36.4 Å². The molecule has 15 heteroatoms. The van der Waals surface area contributed by atoms with E-state index < -0.39 is 29.8 Å². The van der Waals surface area contributed by atoms with Gasteiger partial charge in [-0.3, -0.25) is 29.1 Å². The van der Waals surface area contributed by atoms with Gasteiger partial charge >= 0.3 is 0 Å². The molecule has 3 aromatic rings. The Morgan fingerprint density at radius 3 is 2.32 bits per heavy atom. The number of aromatic nitrogens is 2. The second-order valence-electron chi connectivity index (χ2n) is 13.3. The first-order chi connectivity index (χ1) is 25.7. The highest BCUT2D eigenvalue weighted by Gasteiger charge is 2.29. The molecule has 5 amide bonds. The molecule has 2 aliphatic heterocycles. The van der Waals surface area contributed by atoms with Crippen LogP contribution in [0.25, 0.3) is 0 Å². The van der Waals surface area contributed by atoms with E-state index in [4.69, 9.17) is 14.2 Å². The van der Waals surface area contributed by atoms with Crippen LogP contribution in [0.4, 0.5) is 0 Å². The molecular formula is C38H49N7O8. The Morgan fingerprint density at radius 1 is 0.906 bits per heavy atom. The van der Waals surface area contributed by atoms with Crippen molar-refractivity contribution in [2.75, 3.05) is 47.0 Å². The summed E-state index contributed by atoms with van der Waals surface area (Å²) >= 11 is 0. The minimum absolute atomic E-state index is 0.00895. The molecule has 2 aromatic carbocycles. The highest BCUT2D eigenvalue weighted by Crippen LogP contribution is 2.39. The van der Waals surface area contributed by atoms with Gasteiger partial charge in [0.1, 0.15) is 12.1 Å². The maximum atomic E-state index is 14.0. The van der Waals surface area contributed by atoms with Gasteiger partial charge in [0.05, 0.1) is 44.8 Å². The number of hydrogen-bond acceptors (Lipinski definition) is 9. The normalized spacial score (nSPS) is 20.1. The van der Waals surface area contributed by atoms with Crippen LogP contribution in [0.15, 0.2) is 48.7 Å². The average Bonchev–Trinajstić information content (AvgIpc) is 3.67. The molecule has 1 aliphatic carbocycles. The first-order valence-corrected chi connectivity index (χ1v) is 18.1. The van der Waals surface area contributed by atoms with Crippen LogP contribution < -0.4 is 35.5 Å². The number of fused-ring (bicyclic) bond motifs is 19. The van der Waals surface area contributed by atoms with E-state index in [1.165, 1.54) is 44.4 Å². The minimum Gasteiger partial charge on any atom is -0.493 e. The second kappa shape index (κ2) is 18.8. The van der Waals surface area contributed by atoms with Crippen LogP contribution >= 0.6 is 0 Å². The van der Waals surface area contributed by atoms with Crippen molar-refractivity contribution in [2.24, 2.45) is 0 Å². The Labute approximate surface area is 308 Å². The summed E-state index contributed by atoms with van der Waals surface area (Å²) in [7, 11) is 2.85. The van der Waals surface area contributed by atoms with Gasteiger partial charge in [-0.2, -0.15) is 5.10 Å². The molecule has 53 heavy (non-hydrogen) atoms. The molecule has 2 bridgehead atoms. The predicted octanol–water partition coefficient (Wildman–Crippen LogP) is 2.48. The number of carbonyl (C=O) groups excluding carboxylic acids is 5. The molecule has 6 rings (SSSR count). The smallest absolute Gasteiger partial charge is 0.257 e. The van der Waals surface area contributed by atoms with Gasteiger partial charge in [-0.1, -0.05) is 49.6 Å². The molecule has 0 unspecified atom stereocenters. The summed E-state index contributed by atoms with van der Waals surface area (Å²) in [5.74, 6) is -1.49. The summed E-state index contributed by atoms with van der Waals surface area (Å²) in [5.41, 5.74) is 2.14. The summed E-state index contributed by atoms with van der Waals surface area (Å²) < 4.78 is 17.0. The van der Waals surface area contributed by atoms with Gasteiger partial charge in [0.2, 0.25) is 23.5 Å². The van der Waals surface area contributed by atoms with Crippen molar-refractivity contribution in [1.29, 1.82) is 0 Å². The maximum Gasteiger partial charge on any atom is 0.257 e. The lowest BCUT2D eigenvalue weighted by molar-refractivity contribution is -0.129. The number of carbonyl (C=O) groups is 5. The molecular weight excluding hydrogens is 682 g/mol. The fourth-order valence-electron chi connectivity index (χ4n) is 6.59. The van der Waals surface area contributed by atoms with Crippen LogP contribution in [-0.4, -0.2) is 104 Å². The number of rotatable bonds is 6. The lowest BCUT2D eigenvalue weighted by Crippen LogP contribution is -2.54. The monoisotopic (exact) mass is 731 g/mol. The number of benzene rings is 2. The van der Waals surface area contributed by atoms with E-state index in [0.29, 0.717) is 12.0 Å². The summed E-state index contributed by atoms with van der Waals surface area (Å²) in [6.45, 7) is 1.71. The molecule has 1 aromatic heterocycles. The summed E-state index contributed by atoms with van der Waals surface area (Å²) in [6.07, 6.45) is 7.25. The average molecular weight is 732 g/mol. The third-order valence-electron chi connectivity index (χ3n) is 9.48. The number of nitrogens with zero attached hydrogens (tertiary/aromatic N) is 2. The Kier molecular flexibility index (Phi) is 13.7. The number of hydrogen-bond donors (Lipinski definition) is 5. The van der Waals surface area contributed by atoms with Crippen LogP contribution in [0.5, 0.6) is 17.2 Å². The predicted molar refractivity (Wildman–Crippen MR) is 195 cm³/mol. The maximum absolute atomic E-state index is 14.0. The Hall–Kier alpha value is -5.60. The molecule has 0 radical (unpaired) electrons. The van der Waals surface area contributed by atoms with Crippen LogP contribution in [-0.2, 0) is 20.8 Å². The van der Waals surface area contributed by atoms with Crippen molar-refractivity contribution >= 4 is 29.5 Å². The van der Waals surface area contributed by atoms with Gasteiger partial charge in [0, 0.05) is 37.5 Å². The molecule has 0 spiro atoms. The third kappa shape index (κ3) is 10.3. The molecule has 1 fully saturated rings. The van der Waals surface area contributed by atoms with E-state index in [9.17, 15) is 24.0 Å². The summed E-state index contributed by atoms with van der Waals surface area (Å²) in [6, 6.07) is 10.1. The molecule has 15 nitrogen and oxygen atoms in total. The van der Waals surface area contributed by atoms with Crippen molar-refractivity contribution in [3.63, 3.8) is 0 Å². The molecule has 3 aliphatic rings. The topological polar surface area (TPSA) is 193 Å². The number of amides is 5. The van der Waals surface area contributed by atoms with Crippen LogP contribution in [0, 0.1) is 0 Å². The Balaban J connectivity index is 1.40. The number of H-pyrrole nitrogens is 1. The number of nitrogens with one attached hydrogen (secondary N) is 5. The van der Waals surface area contributed by atoms with E-state index in [1.54, 1.807) is 0 Å². The van der Waals surface area contributed by atoms with Crippen LogP contribution in [0.3, 0.4) is 0 Å². The lowest BCUT2D eigenvalue weighted by atomic mass is 9.85. The van der Waals surface area contributed by atoms with Gasteiger partial charge in [-0.25, -0.2) is 0 Å². The van der Waals surface area contributed by atoms with Gasteiger partial charge in [0.15, 0.2) is 11.5 Å². The Bertz CT molecular complexity index is 1720. The Morgan fingerprint density at radius 2 is 1.62 bits per heavy atom. The van der Waals surface area contributed by atoms with E-state index in [-0.39, 0.29) is 79.8 Å². The second-order valence-corrected chi connectivity index (χ2v) is 13.3. The first kappa shape index (κ1) is 38.6. The highest BCUT2D eigenvalue weighted by molar-refractivity contribution is 5.99. The molecule has 5 N–H and O–H groups in total. The van der Waals surface area contributed by atoms with Crippen molar-refractivity contribution in [3.8, 4) is 17.2 Å². The zero-order chi connectivity index (χ0) is 37.7. The molecule has 0 saturated heterocycles. The van der Waals surface area contributed by atoms with Crippen molar-refractivity contribution < 1.29 is 38.2 Å². The SMILES string of the molecule is COc1cc2cc(OC)c1OCCCNC(=O)CN(C(=O)c1cn[nH]c1C1CCCCC1)CCNC(=O)[C@@H](Cc1ccccc1)NC(=O)[C@H](C)NC2=O. The largest absolute Gasteiger partial charge is 0.493 e. The summed E-state index contributed by atoms with van der Waals surface area (Å²) in [5, 5.41) is 18.4. The van der Waals surface area contributed by atoms with E-state index in [1.807, 2.05) is 30.3 Å².